The van der Waals surface area contributed by atoms with Crippen LogP contribution in [0.5, 0.6) is 0 Å². The van der Waals surface area contributed by atoms with Gasteiger partial charge in [0.05, 0.1) is 0 Å². The zero-order valence-electron chi connectivity index (χ0n) is 8.59. The molecule has 0 unspecified atom stereocenters. The van der Waals surface area contributed by atoms with Gasteiger partial charge in [-0.3, -0.25) is 9.59 Å². The van der Waals surface area contributed by atoms with Gasteiger partial charge in [-0.15, -0.1) is 0 Å². The zero-order chi connectivity index (χ0) is 12.0. The van der Waals surface area contributed by atoms with E-state index in [1.54, 1.807) is 24.3 Å². The lowest BCUT2D eigenvalue weighted by Gasteiger charge is -1.99. The molecule has 0 fully saturated rings. The smallest absolute Gasteiger partial charge is 0.241 e. The minimum absolute atomic E-state index is 0.520. The van der Waals surface area contributed by atoms with E-state index in [0.29, 0.717) is 0 Å². The number of rotatable bonds is 4. The van der Waals surface area contributed by atoms with Crippen molar-refractivity contribution in [3.63, 3.8) is 0 Å². The molecule has 1 aromatic rings. The average Bonchev–Trinajstić information content (AvgIpc) is 2.24. The Labute approximate surface area is 93.2 Å². The second-order valence-corrected chi connectivity index (χ2v) is 3.10. The van der Waals surface area contributed by atoms with Crippen LogP contribution in [0.25, 0.3) is 12.2 Å². The quantitative estimate of drug-likeness (QED) is 0.725. The fourth-order valence-corrected chi connectivity index (χ4v) is 1.16. The highest BCUT2D eigenvalue weighted by atomic mass is 16.1. The number of amides is 2. The van der Waals surface area contributed by atoms with Crippen LogP contribution in [-0.4, -0.2) is 11.8 Å². The standard InChI is InChI=1S/C12H12N2O2/c13-11(15)7-5-9-3-1-2-4-10(9)6-8-12(14)16/h1-8H,(H2,13,15)(H2,14,16). The molecule has 1 rings (SSSR count). The third-order valence-electron chi connectivity index (χ3n) is 1.85. The molecule has 4 heteroatoms. The third-order valence-corrected chi connectivity index (χ3v) is 1.85. The normalized spacial score (nSPS) is 11.0. The first-order chi connectivity index (χ1) is 7.59. The topological polar surface area (TPSA) is 86.2 Å². The Morgan fingerprint density at radius 1 is 0.875 bits per heavy atom. The van der Waals surface area contributed by atoms with E-state index in [2.05, 4.69) is 0 Å². The highest BCUT2D eigenvalue weighted by molar-refractivity contribution is 5.93. The summed E-state index contributed by atoms with van der Waals surface area (Å²) in [6.07, 6.45) is 5.69. The summed E-state index contributed by atoms with van der Waals surface area (Å²) in [5.74, 6) is -1.04. The maximum atomic E-state index is 10.6. The summed E-state index contributed by atoms with van der Waals surface area (Å²) in [4.78, 5) is 21.2. The van der Waals surface area contributed by atoms with Gasteiger partial charge in [0, 0.05) is 12.2 Å². The number of primary amides is 2. The molecular weight excluding hydrogens is 204 g/mol. The zero-order valence-corrected chi connectivity index (χ0v) is 8.59. The lowest BCUT2D eigenvalue weighted by molar-refractivity contribution is -0.114. The summed E-state index contributed by atoms with van der Waals surface area (Å²) in [5, 5.41) is 0. The molecule has 0 atom stereocenters. The van der Waals surface area contributed by atoms with Gasteiger partial charge in [-0.25, -0.2) is 0 Å². The molecule has 0 aromatic heterocycles. The van der Waals surface area contributed by atoms with Crippen LogP contribution in [0.15, 0.2) is 36.4 Å². The Kier molecular flexibility index (Phi) is 4.03. The van der Waals surface area contributed by atoms with Gasteiger partial charge >= 0.3 is 0 Å². The van der Waals surface area contributed by atoms with E-state index in [1.165, 1.54) is 12.2 Å². The van der Waals surface area contributed by atoms with Crippen LogP contribution in [0.4, 0.5) is 0 Å². The monoisotopic (exact) mass is 216 g/mol. The van der Waals surface area contributed by atoms with E-state index in [4.69, 9.17) is 11.5 Å². The van der Waals surface area contributed by atoms with Crippen molar-refractivity contribution in [2.24, 2.45) is 11.5 Å². The molecule has 0 radical (unpaired) electrons. The van der Waals surface area contributed by atoms with Crippen molar-refractivity contribution in [3.8, 4) is 0 Å². The molecule has 0 spiro atoms. The van der Waals surface area contributed by atoms with Crippen LogP contribution in [0.3, 0.4) is 0 Å². The van der Waals surface area contributed by atoms with Crippen LogP contribution in [0.1, 0.15) is 11.1 Å². The molecule has 1 aromatic carbocycles. The van der Waals surface area contributed by atoms with Crippen LogP contribution in [0, 0.1) is 0 Å². The number of carbonyl (C=O) groups is 2. The molecule has 82 valence electrons. The number of benzene rings is 1. The SMILES string of the molecule is NC(=O)C=Cc1ccccc1C=CC(N)=O. The summed E-state index contributed by atoms with van der Waals surface area (Å²) < 4.78 is 0. The highest BCUT2D eigenvalue weighted by Gasteiger charge is 1.95. The fourth-order valence-electron chi connectivity index (χ4n) is 1.16. The maximum Gasteiger partial charge on any atom is 0.241 e. The van der Waals surface area contributed by atoms with Crippen molar-refractivity contribution in [1.82, 2.24) is 0 Å². The summed E-state index contributed by atoms with van der Waals surface area (Å²) >= 11 is 0. The van der Waals surface area contributed by atoms with Gasteiger partial charge < -0.3 is 11.5 Å². The van der Waals surface area contributed by atoms with Crippen molar-refractivity contribution < 1.29 is 9.59 Å². The average molecular weight is 216 g/mol. The van der Waals surface area contributed by atoms with Gasteiger partial charge in [0.2, 0.25) is 11.8 Å². The van der Waals surface area contributed by atoms with Gasteiger partial charge in [0.15, 0.2) is 0 Å². The molecule has 4 N–H and O–H groups in total. The van der Waals surface area contributed by atoms with E-state index >= 15 is 0 Å². The van der Waals surface area contributed by atoms with Gasteiger partial charge in [0.1, 0.15) is 0 Å². The number of hydrogen-bond acceptors (Lipinski definition) is 2. The number of hydrogen-bond donors (Lipinski definition) is 2. The van der Waals surface area contributed by atoms with Gasteiger partial charge in [0.25, 0.3) is 0 Å². The Balaban J connectivity index is 3.00. The summed E-state index contributed by atoms with van der Waals surface area (Å²) in [6.45, 7) is 0. The largest absolute Gasteiger partial charge is 0.366 e. The van der Waals surface area contributed by atoms with Crippen LogP contribution >= 0.6 is 0 Å². The Hall–Kier alpha value is -2.36. The van der Waals surface area contributed by atoms with E-state index < -0.39 is 11.8 Å². The summed E-state index contributed by atoms with van der Waals surface area (Å²) in [5.41, 5.74) is 11.6. The predicted octanol–water partition coefficient (Wildman–Crippen LogP) is 0.684. The first kappa shape index (κ1) is 11.7. The van der Waals surface area contributed by atoms with Gasteiger partial charge in [-0.2, -0.15) is 0 Å². The lowest BCUT2D eigenvalue weighted by atomic mass is 10.1. The second kappa shape index (κ2) is 5.50. The Morgan fingerprint density at radius 2 is 1.25 bits per heavy atom. The molecular formula is C12H12N2O2. The molecule has 0 saturated carbocycles. The van der Waals surface area contributed by atoms with E-state index in [1.807, 2.05) is 12.1 Å². The third kappa shape index (κ3) is 3.79. The lowest BCUT2D eigenvalue weighted by Crippen LogP contribution is -2.05. The minimum atomic E-state index is -0.520. The van der Waals surface area contributed by atoms with E-state index in [0.717, 1.165) is 11.1 Å². The molecule has 0 saturated heterocycles. The number of carbonyl (C=O) groups excluding carboxylic acids is 2. The van der Waals surface area contributed by atoms with Crippen molar-refractivity contribution >= 4 is 24.0 Å². The number of nitrogens with two attached hydrogens (primary N) is 2. The summed E-state index contributed by atoms with van der Waals surface area (Å²) in [7, 11) is 0. The molecule has 4 nitrogen and oxygen atoms in total. The Bertz CT molecular complexity index is 419. The molecule has 0 aliphatic carbocycles. The first-order valence-electron chi connectivity index (χ1n) is 4.63. The molecule has 2 amide bonds. The van der Waals surface area contributed by atoms with Crippen LogP contribution in [-0.2, 0) is 9.59 Å². The van der Waals surface area contributed by atoms with Crippen molar-refractivity contribution in [3.05, 3.63) is 47.5 Å². The highest BCUT2D eigenvalue weighted by Crippen LogP contribution is 2.12. The molecule has 0 bridgehead atoms. The van der Waals surface area contributed by atoms with Crippen molar-refractivity contribution in [2.45, 2.75) is 0 Å². The first-order valence-corrected chi connectivity index (χ1v) is 4.63. The molecule has 0 heterocycles. The fraction of sp³-hybridized carbons (Fsp3) is 0. The van der Waals surface area contributed by atoms with E-state index in [9.17, 15) is 9.59 Å². The van der Waals surface area contributed by atoms with Crippen molar-refractivity contribution in [2.75, 3.05) is 0 Å². The van der Waals surface area contributed by atoms with Crippen molar-refractivity contribution in [1.29, 1.82) is 0 Å². The van der Waals surface area contributed by atoms with Crippen LogP contribution < -0.4 is 11.5 Å². The minimum Gasteiger partial charge on any atom is -0.366 e. The molecule has 0 aliphatic heterocycles. The van der Waals surface area contributed by atoms with E-state index in [-0.39, 0.29) is 0 Å². The van der Waals surface area contributed by atoms with Gasteiger partial charge in [-0.1, -0.05) is 24.3 Å². The second-order valence-electron chi connectivity index (χ2n) is 3.10. The van der Waals surface area contributed by atoms with Gasteiger partial charge in [-0.05, 0) is 23.3 Å². The Morgan fingerprint density at radius 3 is 1.56 bits per heavy atom. The molecule has 16 heavy (non-hydrogen) atoms. The maximum absolute atomic E-state index is 10.6. The van der Waals surface area contributed by atoms with Crippen LogP contribution in [0.2, 0.25) is 0 Å². The molecule has 0 aliphatic rings. The predicted molar refractivity (Wildman–Crippen MR) is 62.9 cm³/mol. The summed E-state index contributed by atoms with van der Waals surface area (Å²) in [6, 6.07) is 7.25.